The number of aromatic hydroxyl groups is 1. The van der Waals surface area contributed by atoms with Crippen LogP contribution in [-0.2, 0) is 0 Å². The summed E-state index contributed by atoms with van der Waals surface area (Å²) in [7, 11) is 0. The SMILES string of the molecule is CC(=Nc1ccc(C2CCCCC2)cc1)c1cc(Cl)ccc1O. The van der Waals surface area contributed by atoms with Gasteiger partial charge in [-0.25, -0.2) is 0 Å². The zero-order valence-electron chi connectivity index (χ0n) is 13.4. The minimum atomic E-state index is 0.203. The van der Waals surface area contributed by atoms with Gasteiger partial charge in [0.1, 0.15) is 5.75 Å². The van der Waals surface area contributed by atoms with Crippen LogP contribution < -0.4 is 0 Å². The van der Waals surface area contributed by atoms with Crippen LogP contribution in [0.3, 0.4) is 0 Å². The summed E-state index contributed by atoms with van der Waals surface area (Å²) in [6.45, 7) is 1.89. The molecule has 0 heterocycles. The zero-order chi connectivity index (χ0) is 16.2. The lowest BCUT2D eigenvalue weighted by atomic mass is 9.84. The van der Waals surface area contributed by atoms with E-state index in [9.17, 15) is 5.11 Å². The highest BCUT2D eigenvalue weighted by Crippen LogP contribution is 2.33. The van der Waals surface area contributed by atoms with Gasteiger partial charge in [-0.3, -0.25) is 4.99 Å². The highest BCUT2D eigenvalue weighted by Gasteiger charge is 2.15. The topological polar surface area (TPSA) is 32.6 Å². The number of rotatable bonds is 3. The van der Waals surface area contributed by atoms with Gasteiger partial charge in [-0.2, -0.15) is 0 Å². The standard InChI is InChI=1S/C20H22ClNO/c1-14(19-13-17(21)9-12-20(19)23)22-18-10-7-16(8-11-18)15-5-3-2-4-6-15/h7-13,15,23H,2-6H2,1H3. The Hall–Kier alpha value is -1.80. The molecule has 3 rings (SSSR count). The first-order chi connectivity index (χ1) is 11.1. The molecule has 0 radical (unpaired) electrons. The summed E-state index contributed by atoms with van der Waals surface area (Å²) in [4.78, 5) is 4.62. The van der Waals surface area contributed by atoms with Crippen LogP contribution in [0.25, 0.3) is 0 Å². The van der Waals surface area contributed by atoms with E-state index in [0.29, 0.717) is 16.5 Å². The molecule has 1 N–H and O–H groups in total. The van der Waals surface area contributed by atoms with Gasteiger partial charge in [0.25, 0.3) is 0 Å². The molecular weight excluding hydrogens is 306 g/mol. The molecule has 0 atom stereocenters. The molecule has 1 fully saturated rings. The van der Waals surface area contributed by atoms with E-state index >= 15 is 0 Å². The van der Waals surface area contributed by atoms with Crippen LogP contribution in [0.1, 0.15) is 56.1 Å². The van der Waals surface area contributed by atoms with Gasteiger partial charge in [0, 0.05) is 16.3 Å². The number of phenolic OH excluding ortho intramolecular Hbond substituents is 1. The second-order valence-electron chi connectivity index (χ2n) is 6.29. The lowest BCUT2D eigenvalue weighted by molar-refractivity contribution is 0.443. The Morgan fingerprint density at radius 2 is 1.74 bits per heavy atom. The van der Waals surface area contributed by atoms with Crippen LogP contribution in [0, 0.1) is 0 Å². The minimum Gasteiger partial charge on any atom is -0.507 e. The molecule has 0 amide bonds. The van der Waals surface area contributed by atoms with E-state index in [1.54, 1.807) is 18.2 Å². The van der Waals surface area contributed by atoms with Crippen molar-refractivity contribution in [3.8, 4) is 5.75 Å². The maximum Gasteiger partial charge on any atom is 0.124 e. The fourth-order valence-electron chi connectivity index (χ4n) is 3.31. The van der Waals surface area contributed by atoms with E-state index < -0.39 is 0 Å². The van der Waals surface area contributed by atoms with Gasteiger partial charge in [-0.1, -0.05) is 43.0 Å². The third-order valence-corrected chi connectivity index (χ3v) is 4.85. The van der Waals surface area contributed by atoms with Gasteiger partial charge < -0.3 is 5.11 Å². The monoisotopic (exact) mass is 327 g/mol. The summed E-state index contributed by atoms with van der Waals surface area (Å²) in [5.74, 6) is 0.911. The normalized spacial score (nSPS) is 16.5. The Morgan fingerprint density at radius 1 is 1.04 bits per heavy atom. The van der Waals surface area contributed by atoms with Crippen LogP contribution in [0.2, 0.25) is 5.02 Å². The van der Waals surface area contributed by atoms with Crippen molar-refractivity contribution in [1.82, 2.24) is 0 Å². The minimum absolute atomic E-state index is 0.203. The molecule has 0 aromatic heterocycles. The van der Waals surface area contributed by atoms with Crippen molar-refractivity contribution in [3.63, 3.8) is 0 Å². The van der Waals surface area contributed by atoms with Gasteiger partial charge >= 0.3 is 0 Å². The average molecular weight is 328 g/mol. The molecule has 23 heavy (non-hydrogen) atoms. The molecule has 1 aliphatic carbocycles. The predicted molar refractivity (Wildman–Crippen MR) is 97.3 cm³/mol. The van der Waals surface area contributed by atoms with Crippen molar-refractivity contribution in [1.29, 1.82) is 0 Å². The second-order valence-corrected chi connectivity index (χ2v) is 6.72. The molecule has 2 aromatic rings. The molecule has 1 aliphatic rings. The smallest absolute Gasteiger partial charge is 0.124 e. The summed E-state index contributed by atoms with van der Waals surface area (Å²) in [5.41, 5.74) is 3.76. The summed E-state index contributed by atoms with van der Waals surface area (Å²) in [5, 5.41) is 10.6. The fraction of sp³-hybridized carbons (Fsp3) is 0.350. The van der Waals surface area contributed by atoms with Crippen molar-refractivity contribution in [2.45, 2.75) is 44.9 Å². The molecule has 1 saturated carbocycles. The second kappa shape index (κ2) is 7.18. The third kappa shape index (κ3) is 3.94. The van der Waals surface area contributed by atoms with Crippen molar-refractivity contribution < 1.29 is 5.11 Å². The van der Waals surface area contributed by atoms with Gasteiger partial charge in [-0.15, -0.1) is 0 Å². The quantitative estimate of drug-likeness (QED) is 0.665. The Kier molecular flexibility index (Phi) is 5.02. The molecule has 0 aliphatic heterocycles. The van der Waals surface area contributed by atoms with Crippen molar-refractivity contribution in [2.75, 3.05) is 0 Å². The lowest BCUT2D eigenvalue weighted by Crippen LogP contribution is -2.03. The lowest BCUT2D eigenvalue weighted by Gasteiger charge is -2.21. The van der Waals surface area contributed by atoms with E-state index in [-0.39, 0.29) is 5.75 Å². The molecule has 120 valence electrons. The fourth-order valence-corrected chi connectivity index (χ4v) is 3.48. The van der Waals surface area contributed by atoms with Gasteiger partial charge in [0.15, 0.2) is 0 Å². The number of halogens is 1. The number of benzene rings is 2. The van der Waals surface area contributed by atoms with Crippen LogP contribution in [0.5, 0.6) is 5.75 Å². The molecule has 0 spiro atoms. The van der Waals surface area contributed by atoms with Crippen molar-refractivity contribution in [3.05, 3.63) is 58.6 Å². The van der Waals surface area contributed by atoms with E-state index in [1.165, 1.54) is 37.7 Å². The molecule has 0 unspecified atom stereocenters. The number of hydrogen-bond acceptors (Lipinski definition) is 2. The first-order valence-corrected chi connectivity index (χ1v) is 8.65. The largest absolute Gasteiger partial charge is 0.507 e. The number of hydrogen-bond donors (Lipinski definition) is 1. The highest BCUT2D eigenvalue weighted by molar-refractivity contribution is 6.31. The van der Waals surface area contributed by atoms with E-state index in [1.807, 2.05) is 6.92 Å². The zero-order valence-corrected chi connectivity index (χ0v) is 14.2. The number of aliphatic imine (C=N–C) groups is 1. The Balaban J connectivity index is 1.80. The predicted octanol–water partition coefficient (Wildman–Crippen LogP) is 6.23. The summed E-state index contributed by atoms with van der Waals surface area (Å²) < 4.78 is 0. The van der Waals surface area contributed by atoms with Crippen LogP contribution in [0.4, 0.5) is 5.69 Å². The molecule has 2 nitrogen and oxygen atoms in total. The average Bonchev–Trinajstić information content (AvgIpc) is 2.58. The Bertz CT molecular complexity index is 700. The maximum absolute atomic E-state index is 9.96. The van der Waals surface area contributed by atoms with E-state index in [0.717, 1.165) is 11.4 Å². The summed E-state index contributed by atoms with van der Waals surface area (Å²) >= 11 is 6.00. The van der Waals surface area contributed by atoms with Crippen LogP contribution in [0.15, 0.2) is 47.5 Å². The van der Waals surface area contributed by atoms with Crippen molar-refractivity contribution >= 4 is 23.0 Å². The Morgan fingerprint density at radius 3 is 2.43 bits per heavy atom. The first kappa shape index (κ1) is 16.1. The molecule has 3 heteroatoms. The first-order valence-electron chi connectivity index (χ1n) is 8.27. The van der Waals surface area contributed by atoms with Crippen LogP contribution >= 0.6 is 11.6 Å². The molecular formula is C20H22ClNO. The molecule has 2 aromatic carbocycles. The highest BCUT2D eigenvalue weighted by atomic mass is 35.5. The van der Waals surface area contributed by atoms with Gasteiger partial charge in [0.05, 0.1) is 5.69 Å². The maximum atomic E-state index is 9.96. The Labute approximate surface area is 142 Å². The third-order valence-electron chi connectivity index (χ3n) is 4.61. The summed E-state index contributed by atoms with van der Waals surface area (Å²) in [6.07, 6.45) is 6.67. The van der Waals surface area contributed by atoms with Crippen LogP contribution in [-0.4, -0.2) is 10.8 Å². The summed E-state index contributed by atoms with van der Waals surface area (Å²) in [6, 6.07) is 13.5. The van der Waals surface area contributed by atoms with Gasteiger partial charge in [-0.05, 0) is 61.6 Å². The number of phenols is 1. The molecule has 0 saturated heterocycles. The number of nitrogens with zero attached hydrogens (tertiary/aromatic N) is 1. The van der Waals surface area contributed by atoms with Gasteiger partial charge in [0.2, 0.25) is 0 Å². The molecule has 0 bridgehead atoms. The van der Waals surface area contributed by atoms with E-state index in [4.69, 9.17) is 11.6 Å². The van der Waals surface area contributed by atoms with E-state index in [2.05, 4.69) is 29.3 Å². The van der Waals surface area contributed by atoms with Crippen molar-refractivity contribution in [2.24, 2.45) is 4.99 Å².